The van der Waals surface area contributed by atoms with E-state index < -0.39 is 5.83 Å². The molecule has 1 aromatic carbocycles. The van der Waals surface area contributed by atoms with Crippen LogP contribution < -0.4 is 10.1 Å². The zero-order chi connectivity index (χ0) is 16.8. The lowest BCUT2D eigenvalue weighted by molar-refractivity contribution is 0.404. The highest BCUT2D eigenvalue weighted by Crippen LogP contribution is 2.29. The van der Waals surface area contributed by atoms with Gasteiger partial charge in [0, 0.05) is 18.8 Å². The SMILES string of the molecule is C=C(Oc1ccc(C(C)(C)CC)cc1)/C(F)=C\C(=C/C)NC. The molecule has 0 aromatic heterocycles. The van der Waals surface area contributed by atoms with Crippen molar-refractivity contribution in [3.8, 4) is 5.75 Å². The Morgan fingerprint density at radius 1 is 1.32 bits per heavy atom. The van der Waals surface area contributed by atoms with Crippen molar-refractivity contribution in [1.82, 2.24) is 5.32 Å². The third-order valence-electron chi connectivity index (χ3n) is 3.91. The minimum Gasteiger partial charge on any atom is -0.455 e. The number of likely N-dealkylation sites (N-methyl/N-ethyl adjacent to an activating group) is 1. The van der Waals surface area contributed by atoms with Crippen molar-refractivity contribution in [2.45, 2.75) is 39.5 Å². The predicted octanol–water partition coefficient (Wildman–Crippen LogP) is 5.24. The first kappa shape index (κ1) is 18.0. The number of rotatable bonds is 7. The van der Waals surface area contributed by atoms with Crippen LogP contribution in [0.5, 0.6) is 5.75 Å². The molecule has 0 fully saturated rings. The van der Waals surface area contributed by atoms with E-state index in [4.69, 9.17) is 4.74 Å². The van der Waals surface area contributed by atoms with Gasteiger partial charge in [-0.1, -0.05) is 45.6 Å². The first-order valence-electron chi connectivity index (χ1n) is 7.53. The van der Waals surface area contributed by atoms with Crippen molar-refractivity contribution >= 4 is 0 Å². The molecule has 2 nitrogen and oxygen atoms in total. The van der Waals surface area contributed by atoms with Crippen LogP contribution in [0.25, 0.3) is 0 Å². The summed E-state index contributed by atoms with van der Waals surface area (Å²) in [6.07, 6.45) is 4.18. The van der Waals surface area contributed by atoms with Gasteiger partial charge in [0.2, 0.25) is 0 Å². The molecule has 0 bridgehead atoms. The minimum atomic E-state index is -0.500. The summed E-state index contributed by atoms with van der Waals surface area (Å²) in [7, 11) is 1.73. The maximum atomic E-state index is 14.0. The number of nitrogens with one attached hydrogen (secondary N) is 1. The Hall–Kier alpha value is -2.03. The molecule has 0 saturated carbocycles. The summed E-state index contributed by atoms with van der Waals surface area (Å²) < 4.78 is 19.5. The summed E-state index contributed by atoms with van der Waals surface area (Å²) in [4.78, 5) is 0. The van der Waals surface area contributed by atoms with Crippen molar-refractivity contribution in [1.29, 1.82) is 0 Å². The smallest absolute Gasteiger partial charge is 0.167 e. The molecule has 0 aliphatic rings. The Bertz CT molecular complexity index is 568. The summed E-state index contributed by atoms with van der Waals surface area (Å²) in [6, 6.07) is 7.72. The molecular weight excluding hydrogens is 277 g/mol. The number of ether oxygens (including phenoxy) is 1. The van der Waals surface area contributed by atoms with Gasteiger partial charge in [-0.3, -0.25) is 0 Å². The molecule has 0 aliphatic heterocycles. The van der Waals surface area contributed by atoms with Crippen LogP contribution in [0.3, 0.4) is 0 Å². The van der Waals surface area contributed by atoms with Crippen LogP contribution in [0.2, 0.25) is 0 Å². The van der Waals surface area contributed by atoms with Gasteiger partial charge in [-0.2, -0.15) is 0 Å². The van der Waals surface area contributed by atoms with Crippen molar-refractivity contribution < 1.29 is 9.13 Å². The van der Waals surface area contributed by atoms with Gasteiger partial charge in [0.05, 0.1) is 0 Å². The van der Waals surface area contributed by atoms with E-state index >= 15 is 0 Å². The molecule has 0 radical (unpaired) electrons. The summed E-state index contributed by atoms with van der Waals surface area (Å²) in [5, 5.41) is 2.88. The number of hydrogen-bond acceptors (Lipinski definition) is 2. The summed E-state index contributed by atoms with van der Waals surface area (Å²) in [5.74, 6) is 0.0770. The molecule has 0 unspecified atom stereocenters. The van der Waals surface area contributed by atoms with E-state index in [1.54, 1.807) is 13.1 Å². The third kappa shape index (κ3) is 4.76. The fraction of sp³-hybridized carbons (Fsp3) is 0.368. The average Bonchev–Trinajstić information content (AvgIpc) is 2.52. The topological polar surface area (TPSA) is 21.3 Å². The zero-order valence-electron chi connectivity index (χ0n) is 14.2. The van der Waals surface area contributed by atoms with Gasteiger partial charge in [0.15, 0.2) is 11.6 Å². The molecular formula is C19H26FNO. The van der Waals surface area contributed by atoms with Gasteiger partial charge in [-0.15, -0.1) is 0 Å². The predicted molar refractivity (Wildman–Crippen MR) is 91.5 cm³/mol. The number of benzene rings is 1. The van der Waals surface area contributed by atoms with E-state index in [-0.39, 0.29) is 11.2 Å². The van der Waals surface area contributed by atoms with Gasteiger partial charge in [0.25, 0.3) is 0 Å². The quantitative estimate of drug-likeness (QED) is 0.549. The van der Waals surface area contributed by atoms with E-state index in [9.17, 15) is 4.39 Å². The molecule has 1 rings (SSSR count). The second kappa shape index (κ2) is 7.83. The van der Waals surface area contributed by atoms with Crippen LogP contribution in [0.15, 0.2) is 60.3 Å². The van der Waals surface area contributed by atoms with Crippen LogP contribution in [0.4, 0.5) is 4.39 Å². The number of hydrogen-bond donors (Lipinski definition) is 1. The summed E-state index contributed by atoms with van der Waals surface area (Å²) >= 11 is 0. The third-order valence-corrected chi connectivity index (χ3v) is 3.91. The molecule has 0 aliphatic carbocycles. The Labute approximate surface area is 133 Å². The maximum absolute atomic E-state index is 14.0. The molecule has 3 heteroatoms. The molecule has 0 amide bonds. The lowest BCUT2D eigenvalue weighted by Gasteiger charge is -2.23. The molecule has 1 aromatic rings. The maximum Gasteiger partial charge on any atom is 0.167 e. The van der Waals surface area contributed by atoms with Crippen LogP contribution in [0.1, 0.15) is 39.7 Å². The second-order valence-corrected chi connectivity index (χ2v) is 5.77. The molecule has 22 heavy (non-hydrogen) atoms. The minimum absolute atomic E-state index is 0.00268. The number of allylic oxidation sites excluding steroid dienone is 3. The Morgan fingerprint density at radius 2 is 1.91 bits per heavy atom. The zero-order valence-corrected chi connectivity index (χ0v) is 14.2. The van der Waals surface area contributed by atoms with Gasteiger partial charge in [-0.05, 0) is 36.5 Å². The fourth-order valence-electron chi connectivity index (χ4n) is 1.89. The monoisotopic (exact) mass is 303 g/mol. The first-order valence-corrected chi connectivity index (χ1v) is 7.53. The molecule has 1 N–H and O–H groups in total. The van der Waals surface area contributed by atoms with Gasteiger partial charge < -0.3 is 10.1 Å². The highest BCUT2D eigenvalue weighted by Gasteiger charge is 2.17. The standard InChI is InChI=1S/C19H26FNO/c1-7-16(21-6)13-18(20)14(3)22-17-11-9-15(10-12-17)19(4,5)8-2/h7,9-13,21H,3,8H2,1-2,4-6H3/b16-7+,18-13+. The lowest BCUT2D eigenvalue weighted by atomic mass is 9.82. The van der Waals surface area contributed by atoms with E-state index in [2.05, 4.69) is 32.7 Å². The van der Waals surface area contributed by atoms with Gasteiger partial charge in [-0.25, -0.2) is 4.39 Å². The Morgan fingerprint density at radius 3 is 2.36 bits per heavy atom. The van der Waals surface area contributed by atoms with E-state index in [0.717, 1.165) is 6.42 Å². The van der Waals surface area contributed by atoms with Crippen LogP contribution in [-0.4, -0.2) is 7.05 Å². The highest BCUT2D eigenvalue weighted by molar-refractivity contribution is 5.35. The van der Waals surface area contributed by atoms with Crippen molar-refractivity contribution in [2.24, 2.45) is 0 Å². The fourth-order valence-corrected chi connectivity index (χ4v) is 1.89. The molecule has 0 saturated heterocycles. The van der Waals surface area contributed by atoms with E-state index in [1.807, 2.05) is 31.2 Å². The van der Waals surface area contributed by atoms with E-state index in [1.165, 1.54) is 11.6 Å². The normalized spacial score (nSPS) is 13.0. The lowest BCUT2D eigenvalue weighted by Crippen LogP contribution is -2.15. The van der Waals surface area contributed by atoms with Crippen molar-refractivity contribution in [3.05, 3.63) is 65.8 Å². The van der Waals surface area contributed by atoms with Crippen LogP contribution in [-0.2, 0) is 5.41 Å². The Kier molecular flexibility index (Phi) is 6.41. The van der Waals surface area contributed by atoms with Gasteiger partial charge in [0.1, 0.15) is 5.75 Å². The van der Waals surface area contributed by atoms with Crippen molar-refractivity contribution in [3.63, 3.8) is 0 Å². The van der Waals surface area contributed by atoms with Crippen molar-refractivity contribution in [2.75, 3.05) is 7.05 Å². The van der Waals surface area contributed by atoms with Gasteiger partial charge >= 0.3 is 0 Å². The average molecular weight is 303 g/mol. The highest BCUT2D eigenvalue weighted by atomic mass is 19.1. The number of halogens is 1. The summed E-state index contributed by atoms with van der Waals surface area (Å²) in [5.41, 5.74) is 2.02. The molecule has 120 valence electrons. The largest absolute Gasteiger partial charge is 0.455 e. The molecule has 0 heterocycles. The molecule has 0 atom stereocenters. The van der Waals surface area contributed by atoms with E-state index in [0.29, 0.717) is 11.4 Å². The first-order chi connectivity index (χ1) is 10.3. The molecule has 0 spiro atoms. The Balaban J connectivity index is 2.81. The van der Waals surface area contributed by atoms with Crippen LogP contribution in [0, 0.1) is 0 Å². The van der Waals surface area contributed by atoms with Crippen LogP contribution >= 0.6 is 0 Å². The second-order valence-electron chi connectivity index (χ2n) is 5.77. The summed E-state index contributed by atoms with van der Waals surface area (Å²) in [6.45, 7) is 12.0.